The molecule has 1 aromatic carbocycles. The van der Waals surface area contributed by atoms with E-state index in [2.05, 4.69) is 20.3 Å². The fourth-order valence-corrected chi connectivity index (χ4v) is 1.68. The molecule has 0 fully saturated rings. The normalized spacial score (nSPS) is 10.3. The molecule has 0 aliphatic rings. The molecule has 0 amide bonds. The van der Waals surface area contributed by atoms with Crippen LogP contribution in [0.15, 0.2) is 18.2 Å². The maximum atomic E-state index is 13.3. The summed E-state index contributed by atoms with van der Waals surface area (Å²) in [6, 6.07) is 4.14. The smallest absolute Gasteiger partial charge is 0.321 e. The molecule has 1 aromatic heterocycles. The van der Waals surface area contributed by atoms with Gasteiger partial charge in [-0.2, -0.15) is 15.0 Å². The van der Waals surface area contributed by atoms with Gasteiger partial charge in [-0.25, -0.2) is 4.39 Å². The van der Waals surface area contributed by atoms with E-state index in [0.29, 0.717) is 23.1 Å². The molecular formula is C12H12ClFN4O. The van der Waals surface area contributed by atoms with Crippen LogP contribution in [0.1, 0.15) is 6.92 Å². The van der Waals surface area contributed by atoms with E-state index in [-0.39, 0.29) is 11.8 Å². The maximum absolute atomic E-state index is 13.3. The van der Waals surface area contributed by atoms with Crippen molar-refractivity contribution in [1.29, 1.82) is 0 Å². The first kappa shape index (κ1) is 13.5. The van der Waals surface area contributed by atoms with Crippen molar-refractivity contribution >= 4 is 17.5 Å². The zero-order valence-corrected chi connectivity index (χ0v) is 11.2. The van der Waals surface area contributed by atoms with Gasteiger partial charge in [0.25, 0.3) is 0 Å². The average Bonchev–Trinajstić information content (AvgIpc) is 2.41. The summed E-state index contributed by atoms with van der Waals surface area (Å²) in [4.78, 5) is 12.3. The summed E-state index contributed by atoms with van der Waals surface area (Å²) in [6.45, 7) is 2.55. The third-order valence-electron chi connectivity index (χ3n) is 2.30. The van der Waals surface area contributed by atoms with Gasteiger partial charge < -0.3 is 10.1 Å². The van der Waals surface area contributed by atoms with E-state index < -0.39 is 5.82 Å². The molecule has 7 heteroatoms. The van der Waals surface area contributed by atoms with Gasteiger partial charge in [0.05, 0.1) is 12.1 Å². The maximum Gasteiger partial charge on any atom is 0.321 e. The highest BCUT2D eigenvalue weighted by molar-refractivity contribution is 6.33. The van der Waals surface area contributed by atoms with Crippen molar-refractivity contribution in [2.75, 3.05) is 19.0 Å². The molecule has 1 heterocycles. The van der Waals surface area contributed by atoms with Crippen molar-refractivity contribution in [1.82, 2.24) is 15.0 Å². The third-order valence-corrected chi connectivity index (χ3v) is 2.63. The van der Waals surface area contributed by atoms with E-state index in [1.807, 2.05) is 6.92 Å². The van der Waals surface area contributed by atoms with Crippen LogP contribution in [0.5, 0.6) is 6.01 Å². The third kappa shape index (κ3) is 3.08. The lowest BCUT2D eigenvalue weighted by Crippen LogP contribution is -2.06. The first-order chi connectivity index (χ1) is 9.13. The van der Waals surface area contributed by atoms with E-state index in [1.54, 1.807) is 0 Å². The van der Waals surface area contributed by atoms with E-state index in [1.165, 1.54) is 25.3 Å². The number of nitrogens with one attached hydrogen (secondary N) is 1. The number of hydrogen-bond acceptors (Lipinski definition) is 5. The Labute approximate surface area is 114 Å². The predicted octanol–water partition coefficient (Wildman–Crippen LogP) is 2.77. The highest BCUT2D eigenvalue weighted by atomic mass is 35.5. The van der Waals surface area contributed by atoms with E-state index in [9.17, 15) is 4.39 Å². The van der Waals surface area contributed by atoms with Crippen LogP contribution in [-0.4, -0.2) is 28.6 Å². The van der Waals surface area contributed by atoms with E-state index in [0.717, 1.165) is 0 Å². The molecule has 2 aromatic rings. The van der Waals surface area contributed by atoms with Crippen LogP contribution in [-0.2, 0) is 0 Å². The van der Waals surface area contributed by atoms with Crippen molar-refractivity contribution < 1.29 is 9.13 Å². The number of hydrogen-bond donors (Lipinski definition) is 1. The van der Waals surface area contributed by atoms with Crippen LogP contribution in [0.4, 0.5) is 10.3 Å². The number of aromatic nitrogens is 3. The van der Waals surface area contributed by atoms with E-state index in [4.69, 9.17) is 16.3 Å². The summed E-state index contributed by atoms with van der Waals surface area (Å²) in [5, 5.41) is 3.31. The van der Waals surface area contributed by atoms with Gasteiger partial charge in [-0.1, -0.05) is 11.6 Å². The van der Waals surface area contributed by atoms with Crippen molar-refractivity contribution in [3.8, 4) is 17.4 Å². The van der Waals surface area contributed by atoms with Crippen LogP contribution >= 0.6 is 11.6 Å². The molecule has 5 nitrogen and oxygen atoms in total. The molecule has 0 saturated carbocycles. The summed E-state index contributed by atoms with van der Waals surface area (Å²) in [7, 11) is 1.45. The summed E-state index contributed by atoms with van der Waals surface area (Å²) in [5.41, 5.74) is 0.390. The Morgan fingerprint density at radius 1 is 1.32 bits per heavy atom. The molecule has 0 atom stereocenters. The first-order valence-corrected chi connectivity index (χ1v) is 6.01. The van der Waals surface area contributed by atoms with Gasteiger partial charge in [0.1, 0.15) is 5.82 Å². The molecule has 0 radical (unpaired) electrons. The minimum Gasteiger partial charge on any atom is -0.467 e. The number of methoxy groups -OCH3 is 1. The monoisotopic (exact) mass is 282 g/mol. The van der Waals surface area contributed by atoms with Gasteiger partial charge in [0.15, 0.2) is 5.82 Å². The number of benzene rings is 1. The number of ether oxygens (including phenoxy) is 1. The lowest BCUT2D eigenvalue weighted by atomic mass is 10.2. The standard InChI is InChI=1S/C12H12ClFN4O/c1-3-15-11-16-10(17-12(18-11)19-2)8-6-7(14)4-5-9(8)13/h4-6H,3H2,1-2H3,(H,15,16,17,18). The largest absolute Gasteiger partial charge is 0.467 e. The second-order valence-electron chi connectivity index (χ2n) is 3.62. The minimum atomic E-state index is -0.413. The van der Waals surface area contributed by atoms with Crippen LogP contribution in [0.3, 0.4) is 0 Å². The zero-order chi connectivity index (χ0) is 13.8. The Morgan fingerprint density at radius 2 is 2.11 bits per heavy atom. The van der Waals surface area contributed by atoms with Gasteiger partial charge in [-0.05, 0) is 25.1 Å². The fraction of sp³-hybridized carbons (Fsp3) is 0.250. The number of anilines is 1. The van der Waals surface area contributed by atoms with Crippen molar-refractivity contribution in [3.05, 3.63) is 29.0 Å². The topological polar surface area (TPSA) is 59.9 Å². The second-order valence-corrected chi connectivity index (χ2v) is 4.03. The highest BCUT2D eigenvalue weighted by Gasteiger charge is 2.12. The number of rotatable bonds is 4. The molecule has 0 bridgehead atoms. The van der Waals surface area contributed by atoms with Gasteiger partial charge in [0.2, 0.25) is 5.95 Å². The summed E-state index contributed by atoms with van der Waals surface area (Å²) in [6.07, 6.45) is 0. The Balaban J connectivity index is 2.54. The van der Waals surface area contributed by atoms with Crippen LogP contribution in [0.2, 0.25) is 5.02 Å². The zero-order valence-electron chi connectivity index (χ0n) is 10.4. The van der Waals surface area contributed by atoms with Gasteiger partial charge in [-0.3, -0.25) is 0 Å². The van der Waals surface area contributed by atoms with Crippen molar-refractivity contribution in [2.45, 2.75) is 6.92 Å². The van der Waals surface area contributed by atoms with Crippen LogP contribution in [0.25, 0.3) is 11.4 Å². The summed E-state index contributed by atoms with van der Waals surface area (Å²) in [5.74, 6) is 0.195. The summed E-state index contributed by atoms with van der Waals surface area (Å²) < 4.78 is 18.3. The molecule has 19 heavy (non-hydrogen) atoms. The molecule has 0 aliphatic heterocycles. The lowest BCUT2D eigenvalue weighted by molar-refractivity contribution is 0.379. The first-order valence-electron chi connectivity index (χ1n) is 5.63. The Hall–Kier alpha value is -1.95. The minimum absolute atomic E-state index is 0.140. The Bertz CT molecular complexity index is 594. The number of nitrogens with zero attached hydrogens (tertiary/aromatic N) is 3. The van der Waals surface area contributed by atoms with Crippen molar-refractivity contribution in [2.24, 2.45) is 0 Å². The molecule has 0 spiro atoms. The molecule has 0 unspecified atom stereocenters. The fourth-order valence-electron chi connectivity index (χ4n) is 1.47. The Kier molecular flexibility index (Phi) is 4.11. The summed E-state index contributed by atoms with van der Waals surface area (Å²) >= 11 is 6.03. The SMILES string of the molecule is CCNc1nc(OC)nc(-c2cc(F)ccc2Cl)n1. The quantitative estimate of drug-likeness (QED) is 0.934. The Morgan fingerprint density at radius 3 is 2.79 bits per heavy atom. The van der Waals surface area contributed by atoms with Crippen LogP contribution in [0, 0.1) is 5.82 Å². The molecule has 100 valence electrons. The average molecular weight is 283 g/mol. The van der Waals surface area contributed by atoms with Gasteiger partial charge in [-0.15, -0.1) is 0 Å². The second kappa shape index (κ2) is 5.79. The lowest BCUT2D eigenvalue weighted by Gasteiger charge is -2.08. The predicted molar refractivity (Wildman–Crippen MR) is 70.9 cm³/mol. The molecule has 0 aliphatic carbocycles. The molecule has 2 rings (SSSR count). The van der Waals surface area contributed by atoms with Gasteiger partial charge in [0, 0.05) is 12.1 Å². The molecule has 1 N–H and O–H groups in total. The molecular weight excluding hydrogens is 271 g/mol. The highest BCUT2D eigenvalue weighted by Crippen LogP contribution is 2.27. The van der Waals surface area contributed by atoms with Crippen molar-refractivity contribution in [3.63, 3.8) is 0 Å². The van der Waals surface area contributed by atoms with E-state index >= 15 is 0 Å². The van der Waals surface area contributed by atoms with Gasteiger partial charge >= 0.3 is 6.01 Å². The number of halogens is 2. The molecule has 0 saturated heterocycles. The van der Waals surface area contributed by atoms with Crippen LogP contribution < -0.4 is 10.1 Å².